The van der Waals surface area contributed by atoms with Gasteiger partial charge in [0.15, 0.2) is 5.11 Å². The first-order chi connectivity index (χ1) is 16.9. The van der Waals surface area contributed by atoms with E-state index in [9.17, 15) is 4.39 Å². The summed E-state index contributed by atoms with van der Waals surface area (Å²) in [5, 5.41) is 4.51. The van der Waals surface area contributed by atoms with Gasteiger partial charge in [-0.05, 0) is 80.2 Å². The van der Waals surface area contributed by atoms with E-state index >= 15 is 0 Å². The highest BCUT2D eigenvalue weighted by Gasteiger charge is 2.42. The molecule has 1 saturated heterocycles. The Morgan fingerprint density at radius 2 is 1.83 bits per heavy atom. The number of methoxy groups -OCH3 is 1. The third kappa shape index (κ3) is 4.05. The van der Waals surface area contributed by atoms with Crippen LogP contribution < -0.4 is 15.0 Å². The Labute approximate surface area is 214 Å². The number of aromatic nitrogens is 2. The van der Waals surface area contributed by atoms with Gasteiger partial charge >= 0.3 is 0 Å². The Bertz CT molecular complexity index is 1410. The van der Waals surface area contributed by atoms with E-state index in [2.05, 4.69) is 16.4 Å². The SMILES string of the molecule is COc1ccc(N2C(=S)NC(c3ccccn3)C2c2cc(C)n(-c3ccccc3F)c2C)cc1Cl. The Morgan fingerprint density at radius 1 is 1.06 bits per heavy atom. The van der Waals surface area contributed by atoms with Crippen molar-refractivity contribution in [2.24, 2.45) is 0 Å². The van der Waals surface area contributed by atoms with E-state index in [1.54, 1.807) is 25.4 Å². The minimum atomic E-state index is -0.277. The van der Waals surface area contributed by atoms with Crippen LogP contribution in [0.4, 0.5) is 10.1 Å². The zero-order chi connectivity index (χ0) is 24.7. The quantitative estimate of drug-likeness (QED) is 0.314. The molecule has 5 rings (SSSR count). The predicted molar refractivity (Wildman–Crippen MR) is 141 cm³/mol. The molecule has 5 nitrogen and oxygen atoms in total. The van der Waals surface area contributed by atoms with E-state index < -0.39 is 0 Å². The molecule has 1 fully saturated rings. The van der Waals surface area contributed by atoms with Gasteiger partial charge in [0.1, 0.15) is 11.6 Å². The van der Waals surface area contributed by atoms with Crippen LogP contribution in [-0.2, 0) is 0 Å². The van der Waals surface area contributed by atoms with Crippen molar-refractivity contribution in [3.8, 4) is 11.4 Å². The van der Waals surface area contributed by atoms with E-state index in [0.29, 0.717) is 21.6 Å². The number of pyridine rings is 1. The second kappa shape index (κ2) is 9.32. The molecule has 0 aliphatic carbocycles. The van der Waals surface area contributed by atoms with Gasteiger partial charge in [0.05, 0.1) is 35.6 Å². The molecular weight excluding hydrogens is 483 g/mol. The number of nitrogens with zero attached hydrogens (tertiary/aromatic N) is 3. The Morgan fingerprint density at radius 3 is 2.51 bits per heavy atom. The molecule has 0 amide bonds. The monoisotopic (exact) mass is 506 g/mol. The fourth-order valence-electron chi connectivity index (χ4n) is 4.84. The second-order valence-electron chi connectivity index (χ2n) is 8.43. The molecule has 0 bridgehead atoms. The maximum absolute atomic E-state index is 14.8. The lowest BCUT2D eigenvalue weighted by Crippen LogP contribution is -2.29. The van der Waals surface area contributed by atoms with Crippen LogP contribution in [0.15, 0.2) is 72.9 Å². The number of aryl methyl sites for hydroxylation is 1. The van der Waals surface area contributed by atoms with Crippen molar-refractivity contribution in [2.45, 2.75) is 25.9 Å². The number of thiocarbonyl (C=S) groups is 1. The number of nitrogens with one attached hydrogen (secondary N) is 1. The molecule has 2 aromatic heterocycles. The predicted octanol–water partition coefficient (Wildman–Crippen LogP) is 6.47. The first kappa shape index (κ1) is 23.3. The first-order valence-corrected chi connectivity index (χ1v) is 12.0. The molecule has 0 spiro atoms. The van der Waals surface area contributed by atoms with E-state index in [1.165, 1.54) is 6.07 Å². The largest absolute Gasteiger partial charge is 0.495 e. The van der Waals surface area contributed by atoms with Crippen molar-refractivity contribution in [3.05, 3.63) is 106 Å². The molecule has 1 aliphatic rings. The topological polar surface area (TPSA) is 42.3 Å². The summed E-state index contributed by atoms with van der Waals surface area (Å²) in [6, 6.07) is 19.9. The highest BCUT2D eigenvalue weighted by molar-refractivity contribution is 7.80. The molecule has 0 saturated carbocycles. The molecule has 35 heavy (non-hydrogen) atoms. The molecule has 2 atom stereocenters. The van der Waals surface area contributed by atoms with Crippen LogP contribution in [-0.4, -0.2) is 21.8 Å². The highest BCUT2D eigenvalue weighted by atomic mass is 35.5. The van der Waals surface area contributed by atoms with Crippen molar-refractivity contribution in [1.82, 2.24) is 14.9 Å². The molecule has 178 valence electrons. The van der Waals surface area contributed by atoms with Crippen molar-refractivity contribution >= 4 is 34.6 Å². The Kier molecular flexibility index (Phi) is 6.21. The van der Waals surface area contributed by atoms with Crippen LogP contribution in [0, 0.1) is 19.7 Å². The lowest BCUT2D eigenvalue weighted by molar-refractivity contribution is 0.415. The summed E-state index contributed by atoms with van der Waals surface area (Å²) in [5.74, 6) is 0.310. The normalized spacial score (nSPS) is 17.5. The average Bonchev–Trinajstić information content (AvgIpc) is 3.35. The number of benzene rings is 2. The Balaban J connectivity index is 1.69. The summed E-state index contributed by atoms with van der Waals surface area (Å²) >= 11 is 12.3. The maximum atomic E-state index is 14.8. The summed E-state index contributed by atoms with van der Waals surface area (Å²) in [7, 11) is 1.58. The zero-order valence-corrected chi connectivity index (χ0v) is 21.1. The van der Waals surface area contributed by atoms with Crippen molar-refractivity contribution in [1.29, 1.82) is 0 Å². The van der Waals surface area contributed by atoms with Gasteiger partial charge in [-0.15, -0.1) is 0 Å². The van der Waals surface area contributed by atoms with E-state index in [0.717, 1.165) is 28.3 Å². The summed E-state index contributed by atoms with van der Waals surface area (Å²) < 4.78 is 22.1. The highest BCUT2D eigenvalue weighted by Crippen LogP contribution is 2.45. The van der Waals surface area contributed by atoms with E-state index in [-0.39, 0.29) is 17.9 Å². The molecule has 0 radical (unpaired) electrons. The molecule has 3 heterocycles. The zero-order valence-electron chi connectivity index (χ0n) is 19.5. The molecule has 1 N–H and O–H groups in total. The third-order valence-electron chi connectivity index (χ3n) is 6.39. The maximum Gasteiger partial charge on any atom is 0.174 e. The lowest BCUT2D eigenvalue weighted by atomic mass is 9.96. The van der Waals surface area contributed by atoms with Crippen molar-refractivity contribution < 1.29 is 9.13 Å². The minimum absolute atomic E-state index is 0.223. The van der Waals surface area contributed by atoms with Crippen LogP contribution in [0.25, 0.3) is 5.69 Å². The van der Waals surface area contributed by atoms with Crippen LogP contribution in [0.1, 0.15) is 34.7 Å². The Hall–Kier alpha value is -3.42. The summed E-state index contributed by atoms with van der Waals surface area (Å²) in [6.07, 6.45) is 1.77. The number of para-hydroxylation sites is 1. The number of hydrogen-bond donors (Lipinski definition) is 1. The number of ether oxygens (including phenoxy) is 1. The summed E-state index contributed by atoms with van der Waals surface area (Å²) in [6.45, 7) is 3.98. The van der Waals surface area contributed by atoms with Gasteiger partial charge < -0.3 is 19.5 Å². The van der Waals surface area contributed by atoms with Crippen LogP contribution in [0.5, 0.6) is 5.75 Å². The first-order valence-electron chi connectivity index (χ1n) is 11.2. The fourth-order valence-corrected chi connectivity index (χ4v) is 5.44. The van der Waals surface area contributed by atoms with Gasteiger partial charge in [-0.3, -0.25) is 4.98 Å². The van der Waals surface area contributed by atoms with Crippen LogP contribution >= 0.6 is 23.8 Å². The average molecular weight is 507 g/mol. The third-order valence-corrected chi connectivity index (χ3v) is 7.00. The number of hydrogen-bond acceptors (Lipinski definition) is 3. The van der Waals surface area contributed by atoms with Gasteiger partial charge in [0, 0.05) is 23.3 Å². The van der Waals surface area contributed by atoms with Crippen LogP contribution in [0.3, 0.4) is 0 Å². The van der Waals surface area contributed by atoms with Crippen molar-refractivity contribution in [2.75, 3.05) is 12.0 Å². The number of rotatable bonds is 5. The van der Waals surface area contributed by atoms with E-state index in [4.69, 9.17) is 28.6 Å². The lowest BCUT2D eigenvalue weighted by Gasteiger charge is -2.28. The fraction of sp³-hybridized carbons (Fsp3) is 0.185. The summed E-state index contributed by atoms with van der Waals surface area (Å²) in [5.41, 5.74) is 5.06. The standard InChI is InChI=1S/C27H24ClFN4OS/c1-16-14-19(17(2)32(16)23-10-5-4-8-21(23)29)26-25(22-9-6-7-13-30-22)31-27(35)33(26)18-11-12-24(34-3)20(28)15-18/h4-15,25-26H,1-3H3,(H,31,35). The van der Waals surface area contributed by atoms with E-state index in [1.807, 2.05) is 65.8 Å². The molecule has 4 aromatic rings. The minimum Gasteiger partial charge on any atom is -0.495 e. The molecule has 8 heteroatoms. The van der Waals surface area contributed by atoms with Crippen LogP contribution in [0.2, 0.25) is 5.02 Å². The smallest absolute Gasteiger partial charge is 0.174 e. The van der Waals surface area contributed by atoms with Gasteiger partial charge in [-0.1, -0.05) is 29.8 Å². The van der Waals surface area contributed by atoms with Gasteiger partial charge in [-0.2, -0.15) is 0 Å². The molecule has 2 aromatic carbocycles. The van der Waals surface area contributed by atoms with Gasteiger partial charge in [-0.25, -0.2) is 4.39 Å². The summed E-state index contributed by atoms with van der Waals surface area (Å²) in [4.78, 5) is 6.66. The van der Waals surface area contributed by atoms with Gasteiger partial charge in [0.25, 0.3) is 0 Å². The number of halogens is 2. The molecular formula is C27H24ClFN4OS. The molecule has 2 unspecified atom stereocenters. The number of anilines is 1. The van der Waals surface area contributed by atoms with Crippen molar-refractivity contribution in [3.63, 3.8) is 0 Å². The van der Waals surface area contributed by atoms with Gasteiger partial charge in [0.2, 0.25) is 0 Å². The molecule has 1 aliphatic heterocycles. The second-order valence-corrected chi connectivity index (χ2v) is 9.22.